The van der Waals surface area contributed by atoms with Gasteiger partial charge in [-0.1, -0.05) is 32.0 Å². The molecule has 0 unspecified atom stereocenters. The van der Waals surface area contributed by atoms with Gasteiger partial charge in [0.15, 0.2) is 5.78 Å². The third kappa shape index (κ3) is 2.01. The molecule has 0 bridgehead atoms. The number of carbonyl (C=O) groups is 1. The maximum absolute atomic E-state index is 13.1. The Kier molecular flexibility index (Phi) is 3.65. The van der Waals surface area contributed by atoms with Gasteiger partial charge < -0.3 is 4.57 Å². The summed E-state index contributed by atoms with van der Waals surface area (Å²) in [5, 5.41) is 1.36. The molecule has 3 nitrogen and oxygen atoms in total. The van der Waals surface area contributed by atoms with Gasteiger partial charge in [0.25, 0.3) is 0 Å². The molecule has 3 heteroatoms. The molecule has 2 atom stereocenters. The van der Waals surface area contributed by atoms with Crippen molar-refractivity contribution in [2.24, 2.45) is 5.41 Å². The monoisotopic (exact) mass is 348 g/mol. The highest BCUT2D eigenvalue weighted by atomic mass is 16.1. The van der Waals surface area contributed by atoms with Gasteiger partial charge in [-0.15, -0.1) is 0 Å². The molecule has 0 aliphatic carbocycles. The normalized spacial score (nSPS) is 27.3. The Bertz CT molecular complexity index is 922. The van der Waals surface area contributed by atoms with E-state index in [0.717, 1.165) is 31.5 Å². The van der Waals surface area contributed by atoms with Gasteiger partial charge in [0.05, 0.1) is 17.3 Å². The number of para-hydroxylation sites is 1. The number of hydrogen-bond donors (Lipinski definition) is 0. The predicted molar refractivity (Wildman–Crippen MR) is 106 cm³/mol. The Morgan fingerprint density at radius 1 is 1.23 bits per heavy atom. The van der Waals surface area contributed by atoms with E-state index in [4.69, 9.17) is 0 Å². The summed E-state index contributed by atoms with van der Waals surface area (Å²) in [7, 11) is 0. The lowest BCUT2D eigenvalue weighted by Crippen LogP contribution is -2.51. The van der Waals surface area contributed by atoms with Crippen molar-refractivity contribution in [2.75, 3.05) is 13.1 Å². The number of fused-ring (bicyclic) bond motifs is 3. The Morgan fingerprint density at radius 3 is 2.88 bits per heavy atom. The molecule has 0 saturated carbocycles. The van der Waals surface area contributed by atoms with Crippen molar-refractivity contribution in [3.8, 4) is 0 Å². The second-order valence-electron chi connectivity index (χ2n) is 8.30. The first-order valence-electron chi connectivity index (χ1n) is 10.3. The van der Waals surface area contributed by atoms with E-state index in [1.165, 1.54) is 41.5 Å². The minimum absolute atomic E-state index is 0.122. The van der Waals surface area contributed by atoms with Crippen molar-refractivity contribution in [1.82, 2.24) is 9.47 Å². The van der Waals surface area contributed by atoms with Crippen molar-refractivity contribution in [2.45, 2.75) is 58.4 Å². The van der Waals surface area contributed by atoms with Gasteiger partial charge in [0.2, 0.25) is 0 Å². The molecule has 136 valence electrons. The molecule has 0 spiro atoms. The zero-order valence-electron chi connectivity index (χ0n) is 15.9. The van der Waals surface area contributed by atoms with Crippen molar-refractivity contribution in [3.63, 3.8) is 0 Å². The van der Waals surface area contributed by atoms with Gasteiger partial charge in [0.1, 0.15) is 0 Å². The van der Waals surface area contributed by atoms with Crippen LogP contribution in [-0.4, -0.2) is 28.3 Å². The molecule has 26 heavy (non-hydrogen) atoms. The molecule has 3 aliphatic heterocycles. The van der Waals surface area contributed by atoms with Crippen molar-refractivity contribution < 1.29 is 4.79 Å². The number of benzene rings is 1. The Balaban J connectivity index is 1.85. The molecular weight excluding hydrogens is 320 g/mol. The van der Waals surface area contributed by atoms with E-state index >= 15 is 0 Å². The third-order valence-corrected chi connectivity index (χ3v) is 7.01. The first-order valence-corrected chi connectivity index (χ1v) is 10.3. The number of rotatable bonds is 4. The summed E-state index contributed by atoms with van der Waals surface area (Å²) < 4.78 is 2.35. The molecule has 3 aliphatic rings. The fraction of sp³-hybridized carbons (Fsp3) is 0.522. The van der Waals surface area contributed by atoms with Crippen LogP contribution in [0.1, 0.15) is 63.3 Å². The lowest BCUT2D eigenvalue weighted by atomic mass is 9.66. The average Bonchev–Trinajstić information content (AvgIpc) is 3.02. The van der Waals surface area contributed by atoms with E-state index in [-0.39, 0.29) is 5.41 Å². The van der Waals surface area contributed by atoms with Crippen LogP contribution in [0.5, 0.6) is 0 Å². The van der Waals surface area contributed by atoms with Crippen LogP contribution in [0.15, 0.2) is 30.3 Å². The van der Waals surface area contributed by atoms with Crippen LogP contribution in [0.2, 0.25) is 0 Å². The molecular formula is C23H28N2O. The van der Waals surface area contributed by atoms with E-state index in [0.29, 0.717) is 18.2 Å². The number of aromatic nitrogens is 1. The lowest BCUT2D eigenvalue weighted by molar-refractivity contribution is -0.114. The molecule has 5 rings (SSSR count). The molecule has 1 aromatic heterocycles. The number of hydrogen-bond acceptors (Lipinski definition) is 2. The van der Waals surface area contributed by atoms with Crippen LogP contribution in [0, 0.1) is 5.41 Å². The summed E-state index contributed by atoms with van der Waals surface area (Å²) in [6, 6.07) is 9.15. The van der Waals surface area contributed by atoms with E-state index < -0.39 is 0 Å². The number of carbonyl (C=O) groups excluding carboxylic acids is 1. The van der Waals surface area contributed by atoms with Crippen LogP contribution < -0.4 is 0 Å². The first-order chi connectivity index (χ1) is 12.7. The molecule has 0 N–H and O–H groups in total. The number of Topliss-reactive ketones (excluding diaryl/α,β-unsaturated/α-hetero) is 1. The number of allylic oxidation sites excluding steroid dienone is 1. The van der Waals surface area contributed by atoms with Crippen LogP contribution in [-0.2, 0) is 11.2 Å². The second kappa shape index (κ2) is 5.82. The largest absolute Gasteiger partial charge is 0.309 e. The fourth-order valence-electron chi connectivity index (χ4n) is 5.84. The predicted octanol–water partition coefficient (Wildman–Crippen LogP) is 4.95. The summed E-state index contributed by atoms with van der Waals surface area (Å²) in [5.74, 6) is 0.310. The van der Waals surface area contributed by atoms with E-state index in [2.05, 4.69) is 53.7 Å². The summed E-state index contributed by atoms with van der Waals surface area (Å²) in [6.07, 6.45) is 8.59. The Morgan fingerprint density at radius 2 is 2.08 bits per heavy atom. The second-order valence-corrected chi connectivity index (χ2v) is 8.30. The van der Waals surface area contributed by atoms with Crippen LogP contribution in [0.3, 0.4) is 0 Å². The van der Waals surface area contributed by atoms with Gasteiger partial charge in [0, 0.05) is 29.5 Å². The van der Waals surface area contributed by atoms with Gasteiger partial charge in [-0.05, 0) is 56.4 Å². The Labute approximate surface area is 155 Å². The fourth-order valence-corrected chi connectivity index (χ4v) is 5.84. The first kappa shape index (κ1) is 16.3. The van der Waals surface area contributed by atoms with E-state index in [9.17, 15) is 4.79 Å². The maximum atomic E-state index is 13.1. The summed E-state index contributed by atoms with van der Waals surface area (Å²) in [4.78, 5) is 15.8. The van der Waals surface area contributed by atoms with Crippen molar-refractivity contribution in [3.05, 3.63) is 41.6 Å². The molecule has 0 amide bonds. The minimum Gasteiger partial charge on any atom is -0.309 e. The highest BCUT2D eigenvalue weighted by Gasteiger charge is 2.50. The highest BCUT2D eigenvalue weighted by Crippen LogP contribution is 2.57. The number of nitrogens with zero attached hydrogens (tertiary/aromatic N) is 2. The van der Waals surface area contributed by atoms with Crippen LogP contribution >= 0.6 is 0 Å². The quantitative estimate of drug-likeness (QED) is 0.781. The van der Waals surface area contributed by atoms with Crippen molar-refractivity contribution >= 4 is 22.4 Å². The molecule has 1 saturated heterocycles. The van der Waals surface area contributed by atoms with E-state index in [1.807, 2.05) is 0 Å². The zero-order chi connectivity index (χ0) is 17.9. The van der Waals surface area contributed by atoms with Crippen LogP contribution in [0.25, 0.3) is 16.6 Å². The van der Waals surface area contributed by atoms with E-state index in [1.54, 1.807) is 0 Å². The van der Waals surface area contributed by atoms with Crippen LogP contribution in [0.4, 0.5) is 0 Å². The average molecular weight is 348 g/mol. The lowest BCUT2D eigenvalue weighted by Gasteiger charge is -2.53. The smallest absolute Gasteiger partial charge is 0.179 e. The zero-order valence-corrected chi connectivity index (χ0v) is 15.9. The topological polar surface area (TPSA) is 25.2 Å². The summed E-state index contributed by atoms with van der Waals surface area (Å²) in [6.45, 7) is 6.76. The standard InChI is InChI=1S/C23H28N2O/c1-3-8-20(26)19-15-23(4-2)12-7-13-24-14-11-17-16-9-5-6-10-18(16)25(19)21(17)22(23)24/h5-6,9-10,15,22H,3-4,7-8,11-14H2,1-2H3/t22-,23+/m1/s1. The Hall–Kier alpha value is -1.87. The van der Waals surface area contributed by atoms with Crippen molar-refractivity contribution in [1.29, 1.82) is 0 Å². The maximum Gasteiger partial charge on any atom is 0.179 e. The number of piperidine rings is 1. The molecule has 2 aromatic rings. The highest BCUT2D eigenvalue weighted by molar-refractivity contribution is 6.17. The summed E-state index contributed by atoms with van der Waals surface area (Å²) in [5.41, 5.74) is 5.23. The number of ketones is 1. The van der Waals surface area contributed by atoms with Gasteiger partial charge >= 0.3 is 0 Å². The molecule has 4 heterocycles. The summed E-state index contributed by atoms with van der Waals surface area (Å²) >= 11 is 0. The molecule has 1 aromatic carbocycles. The SMILES string of the molecule is CCCC(=O)C1=C[C@]2(CC)CCCN3CCc4c(n1c1ccccc41)[C@@H]32. The molecule has 1 fully saturated rings. The third-order valence-electron chi connectivity index (χ3n) is 7.01. The minimum atomic E-state index is 0.122. The van der Waals surface area contributed by atoms with Gasteiger partial charge in [-0.25, -0.2) is 0 Å². The van der Waals surface area contributed by atoms with Gasteiger partial charge in [-0.2, -0.15) is 0 Å². The van der Waals surface area contributed by atoms with Gasteiger partial charge in [-0.3, -0.25) is 9.69 Å². The molecule has 0 radical (unpaired) electrons.